The summed E-state index contributed by atoms with van der Waals surface area (Å²) < 4.78 is 1.87. The Kier molecular flexibility index (Phi) is 3.71. The highest BCUT2D eigenvalue weighted by atomic mass is 16.3. The number of rotatable bonds is 3. The molecule has 4 rings (SSSR count). The van der Waals surface area contributed by atoms with E-state index in [0.29, 0.717) is 22.9 Å². The molecule has 0 unspecified atom stereocenters. The zero-order valence-electron chi connectivity index (χ0n) is 14.7. The summed E-state index contributed by atoms with van der Waals surface area (Å²) in [5.74, 6) is 0.704. The third kappa shape index (κ3) is 2.75. The molecule has 2 saturated carbocycles. The van der Waals surface area contributed by atoms with Crippen LogP contribution in [0.2, 0.25) is 0 Å². The highest BCUT2D eigenvalue weighted by Crippen LogP contribution is 2.63. The van der Waals surface area contributed by atoms with Crippen LogP contribution in [0.15, 0.2) is 6.20 Å². The topological polar surface area (TPSA) is 71.2 Å². The van der Waals surface area contributed by atoms with Crippen LogP contribution in [0.25, 0.3) is 0 Å². The fourth-order valence-electron chi connectivity index (χ4n) is 4.64. The first-order valence-corrected chi connectivity index (χ1v) is 9.33. The Morgan fingerprint density at radius 2 is 1.96 bits per heavy atom. The molecule has 6 nitrogen and oxygen atoms in total. The van der Waals surface area contributed by atoms with Crippen LogP contribution in [0.5, 0.6) is 0 Å². The lowest BCUT2D eigenvalue weighted by atomic mass is 10.00. The third-order valence-electron chi connectivity index (χ3n) is 6.37. The van der Waals surface area contributed by atoms with Gasteiger partial charge in [-0.1, -0.05) is 18.1 Å². The molecule has 1 saturated heterocycles. The molecule has 132 valence electrons. The van der Waals surface area contributed by atoms with Crippen LogP contribution < -0.4 is 0 Å². The maximum atomic E-state index is 12.8. The van der Waals surface area contributed by atoms with Crippen LogP contribution in [-0.4, -0.2) is 44.0 Å². The van der Waals surface area contributed by atoms with Gasteiger partial charge >= 0.3 is 0 Å². The molecule has 1 spiro atoms. The van der Waals surface area contributed by atoms with Crippen LogP contribution in [0.3, 0.4) is 0 Å². The molecule has 3 fully saturated rings. The second-order valence-corrected chi connectivity index (χ2v) is 8.53. The van der Waals surface area contributed by atoms with Crippen molar-refractivity contribution in [3.63, 3.8) is 0 Å². The molecule has 0 bridgehead atoms. The van der Waals surface area contributed by atoms with Crippen molar-refractivity contribution in [1.82, 2.24) is 19.9 Å². The fourth-order valence-corrected chi connectivity index (χ4v) is 4.64. The van der Waals surface area contributed by atoms with Gasteiger partial charge in [0.1, 0.15) is 11.3 Å². The molecule has 0 aromatic carbocycles. The Morgan fingerprint density at radius 3 is 2.54 bits per heavy atom. The van der Waals surface area contributed by atoms with E-state index in [1.807, 2.05) is 10.9 Å². The van der Waals surface area contributed by atoms with Gasteiger partial charge in [-0.05, 0) is 51.4 Å². The van der Waals surface area contributed by atoms with E-state index < -0.39 is 5.60 Å². The molecular formula is C18H28N4O2. The summed E-state index contributed by atoms with van der Waals surface area (Å²) in [5.41, 5.74) is 0.0277. The third-order valence-corrected chi connectivity index (χ3v) is 6.37. The SMILES string of the molecule is CC(C)(O)c1cn(C2CCN(C(=O)[C@H]3CC34CCCC4)CC2)nn1. The molecule has 6 heteroatoms. The summed E-state index contributed by atoms with van der Waals surface area (Å²) in [6, 6.07) is 0.275. The van der Waals surface area contributed by atoms with Gasteiger partial charge in [0.2, 0.25) is 5.91 Å². The number of aliphatic hydroxyl groups is 1. The Labute approximate surface area is 143 Å². The van der Waals surface area contributed by atoms with Gasteiger partial charge in [0.05, 0.1) is 12.2 Å². The standard InChI is InChI=1S/C18H28N4O2/c1-17(2,24)15-12-22(20-19-15)13-5-9-21(10-6-13)16(23)14-11-18(14)7-3-4-8-18/h12-14,24H,3-11H2,1-2H3/t14-/m1/s1. The van der Waals surface area contributed by atoms with Gasteiger partial charge in [-0.25, -0.2) is 4.68 Å². The van der Waals surface area contributed by atoms with Gasteiger partial charge in [0, 0.05) is 19.0 Å². The van der Waals surface area contributed by atoms with Crippen molar-refractivity contribution < 1.29 is 9.90 Å². The Morgan fingerprint density at radius 1 is 1.29 bits per heavy atom. The monoisotopic (exact) mass is 332 g/mol. The van der Waals surface area contributed by atoms with Crippen LogP contribution in [0.4, 0.5) is 0 Å². The second kappa shape index (κ2) is 5.55. The molecule has 2 heterocycles. The van der Waals surface area contributed by atoms with E-state index in [2.05, 4.69) is 15.2 Å². The summed E-state index contributed by atoms with van der Waals surface area (Å²) >= 11 is 0. The minimum atomic E-state index is -0.962. The van der Waals surface area contributed by atoms with Crippen molar-refractivity contribution in [3.8, 4) is 0 Å². The summed E-state index contributed by atoms with van der Waals surface area (Å²) in [6.07, 6.45) is 9.95. The summed E-state index contributed by atoms with van der Waals surface area (Å²) in [4.78, 5) is 14.8. The van der Waals surface area contributed by atoms with E-state index in [0.717, 1.165) is 32.4 Å². The fraction of sp³-hybridized carbons (Fsp3) is 0.833. The Bertz CT molecular complexity index is 619. The molecule has 1 atom stereocenters. The van der Waals surface area contributed by atoms with E-state index >= 15 is 0 Å². The average Bonchev–Trinajstić information content (AvgIpc) is 2.94. The summed E-state index contributed by atoms with van der Waals surface area (Å²) in [5, 5.41) is 18.3. The van der Waals surface area contributed by atoms with Crippen molar-refractivity contribution in [2.75, 3.05) is 13.1 Å². The molecule has 2 aliphatic carbocycles. The quantitative estimate of drug-likeness (QED) is 0.921. The largest absolute Gasteiger partial charge is 0.384 e. The van der Waals surface area contributed by atoms with E-state index in [4.69, 9.17) is 0 Å². The molecule has 1 N–H and O–H groups in total. The minimum Gasteiger partial charge on any atom is -0.384 e. The minimum absolute atomic E-state index is 0.275. The lowest BCUT2D eigenvalue weighted by Gasteiger charge is -2.32. The van der Waals surface area contributed by atoms with Crippen molar-refractivity contribution in [3.05, 3.63) is 11.9 Å². The number of carbonyl (C=O) groups excluding carboxylic acids is 1. The first-order valence-electron chi connectivity index (χ1n) is 9.33. The van der Waals surface area contributed by atoms with Gasteiger partial charge in [0.15, 0.2) is 0 Å². The van der Waals surface area contributed by atoms with Crippen LogP contribution in [0, 0.1) is 11.3 Å². The molecule has 1 aromatic rings. The van der Waals surface area contributed by atoms with Gasteiger partial charge in [-0.2, -0.15) is 0 Å². The predicted molar refractivity (Wildman–Crippen MR) is 89.1 cm³/mol. The zero-order valence-corrected chi connectivity index (χ0v) is 14.7. The van der Waals surface area contributed by atoms with E-state index in [9.17, 15) is 9.90 Å². The molecule has 1 amide bonds. The number of aromatic nitrogens is 3. The maximum Gasteiger partial charge on any atom is 0.226 e. The maximum absolute atomic E-state index is 12.8. The Balaban J connectivity index is 1.34. The van der Waals surface area contributed by atoms with E-state index in [-0.39, 0.29) is 6.04 Å². The Hall–Kier alpha value is -1.43. The molecule has 1 aromatic heterocycles. The first kappa shape index (κ1) is 16.1. The first-order chi connectivity index (χ1) is 11.4. The average molecular weight is 332 g/mol. The predicted octanol–water partition coefficient (Wildman–Crippen LogP) is 2.25. The van der Waals surface area contributed by atoms with Gasteiger partial charge in [-0.3, -0.25) is 4.79 Å². The van der Waals surface area contributed by atoms with Crippen molar-refractivity contribution in [2.45, 2.75) is 70.4 Å². The van der Waals surface area contributed by atoms with Crippen LogP contribution in [0.1, 0.15) is 70.5 Å². The lowest BCUT2D eigenvalue weighted by Crippen LogP contribution is -2.40. The lowest BCUT2D eigenvalue weighted by molar-refractivity contribution is -0.134. The molecule has 0 radical (unpaired) electrons. The number of nitrogens with zero attached hydrogens (tertiary/aromatic N) is 4. The number of likely N-dealkylation sites (tertiary alicyclic amines) is 1. The number of piperidine rings is 1. The van der Waals surface area contributed by atoms with E-state index in [1.165, 1.54) is 25.7 Å². The number of hydrogen-bond acceptors (Lipinski definition) is 4. The van der Waals surface area contributed by atoms with Gasteiger partial charge in [-0.15, -0.1) is 5.10 Å². The van der Waals surface area contributed by atoms with Crippen LogP contribution >= 0.6 is 0 Å². The molecule has 24 heavy (non-hydrogen) atoms. The summed E-state index contributed by atoms with van der Waals surface area (Å²) in [7, 11) is 0. The second-order valence-electron chi connectivity index (χ2n) is 8.53. The molecule has 3 aliphatic rings. The summed E-state index contributed by atoms with van der Waals surface area (Å²) in [6.45, 7) is 5.07. The smallest absolute Gasteiger partial charge is 0.226 e. The molecular weight excluding hydrogens is 304 g/mol. The molecule has 1 aliphatic heterocycles. The number of amides is 1. The van der Waals surface area contributed by atoms with E-state index in [1.54, 1.807) is 13.8 Å². The number of hydrogen-bond donors (Lipinski definition) is 1. The van der Waals surface area contributed by atoms with Crippen LogP contribution in [-0.2, 0) is 10.4 Å². The van der Waals surface area contributed by atoms with Gasteiger partial charge in [0.25, 0.3) is 0 Å². The number of carbonyl (C=O) groups is 1. The van der Waals surface area contributed by atoms with Crippen molar-refractivity contribution in [2.24, 2.45) is 11.3 Å². The normalized spacial score (nSPS) is 27.0. The highest BCUT2D eigenvalue weighted by molar-refractivity contribution is 5.82. The van der Waals surface area contributed by atoms with Crippen molar-refractivity contribution in [1.29, 1.82) is 0 Å². The highest BCUT2D eigenvalue weighted by Gasteiger charge is 2.59. The zero-order chi connectivity index (χ0) is 16.9. The van der Waals surface area contributed by atoms with Crippen molar-refractivity contribution >= 4 is 5.91 Å². The van der Waals surface area contributed by atoms with Gasteiger partial charge < -0.3 is 10.0 Å².